The number of nitrogens with zero attached hydrogens (tertiary/aromatic N) is 1. The van der Waals surface area contributed by atoms with Crippen molar-refractivity contribution in [2.75, 3.05) is 11.9 Å². The zero-order valence-corrected chi connectivity index (χ0v) is 18.1. The number of esters is 1. The molecular weight excluding hydrogens is 400 g/mol. The summed E-state index contributed by atoms with van der Waals surface area (Å²) in [5.41, 5.74) is 4.95. The van der Waals surface area contributed by atoms with Gasteiger partial charge in [0.2, 0.25) is 0 Å². The van der Waals surface area contributed by atoms with Crippen LogP contribution in [0.15, 0.2) is 78.9 Å². The highest BCUT2D eigenvalue weighted by Gasteiger charge is 2.19. The number of pyridine rings is 1. The van der Waals surface area contributed by atoms with Gasteiger partial charge in [-0.2, -0.15) is 0 Å². The van der Waals surface area contributed by atoms with Gasteiger partial charge in [-0.05, 0) is 49.2 Å². The van der Waals surface area contributed by atoms with E-state index in [4.69, 9.17) is 9.72 Å². The number of anilines is 1. The Labute approximate surface area is 187 Å². The van der Waals surface area contributed by atoms with Crippen LogP contribution in [-0.4, -0.2) is 23.5 Å². The Kier molecular flexibility index (Phi) is 6.26. The van der Waals surface area contributed by atoms with Crippen molar-refractivity contribution in [3.8, 4) is 11.3 Å². The summed E-state index contributed by atoms with van der Waals surface area (Å²) in [5.74, 6) is -0.590. The average molecular weight is 425 g/mol. The molecule has 1 aromatic heterocycles. The van der Waals surface area contributed by atoms with Crippen LogP contribution in [0.25, 0.3) is 22.2 Å². The van der Waals surface area contributed by atoms with E-state index in [1.165, 1.54) is 0 Å². The molecule has 0 saturated carbocycles. The highest BCUT2D eigenvalue weighted by molar-refractivity contribution is 6.14. The molecule has 0 atom stereocenters. The number of benzene rings is 3. The van der Waals surface area contributed by atoms with Crippen molar-refractivity contribution in [3.05, 3.63) is 95.6 Å². The van der Waals surface area contributed by atoms with Gasteiger partial charge in [0.25, 0.3) is 5.91 Å². The molecule has 0 spiro atoms. The minimum absolute atomic E-state index is 0.223. The minimum Gasteiger partial charge on any atom is -0.462 e. The molecule has 0 aliphatic rings. The third kappa shape index (κ3) is 4.37. The molecule has 5 nitrogen and oxygen atoms in total. The van der Waals surface area contributed by atoms with Crippen molar-refractivity contribution in [3.63, 3.8) is 0 Å². The first-order chi connectivity index (χ1) is 15.6. The van der Waals surface area contributed by atoms with Gasteiger partial charge in [0, 0.05) is 16.6 Å². The van der Waals surface area contributed by atoms with E-state index < -0.39 is 0 Å². The van der Waals surface area contributed by atoms with Gasteiger partial charge in [0.05, 0.1) is 28.9 Å². The Balaban J connectivity index is 1.68. The van der Waals surface area contributed by atoms with Crippen LogP contribution < -0.4 is 5.32 Å². The fraction of sp³-hybridized carbons (Fsp3) is 0.148. The number of hydrogen-bond donors (Lipinski definition) is 1. The molecular formula is C27H24N2O3. The topological polar surface area (TPSA) is 68.3 Å². The molecule has 0 saturated heterocycles. The van der Waals surface area contributed by atoms with E-state index in [0.29, 0.717) is 23.4 Å². The van der Waals surface area contributed by atoms with Crippen molar-refractivity contribution in [1.29, 1.82) is 0 Å². The number of para-hydroxylation sites is 1. The number of nitrogens with one attached hydrogen (secondary N) is 1. The number of aromatic nitrogens is 1. The maximum Gasteiger partial charge on any atom is 0.338 e. The molecule has 1 N–H and O–H groups in total. The summed E-state index contributed by atoms with van der Waals surface area (Å²) in [7, 11) is 0. The van der Waals surface area contributed by atoms with Gasteiger partial charge in [-0.3, -0.25) is 4.79 Å². The summed E-state index contributed by atoms with van der Waals surface area (Å²) in [6, 6.07) is 24.2. The van der Waals surface area contributed by atoms with E-state index in [1.54, 1.807) is 24.3 Å². The van der Waals surface area contributed by atoms with Crippen molar-refractivity contribution in [2.45, 2.75) is 20.3 Å². The summed E-state index contributed by atoms with van der Waals surface area (Å²) < 4.78 is 5.15. The number of carbonyl (C=O) groups is 2. The minimum atomic E-state index is -0.367. The molecule has 0 fully saturated rings. The SMILES string of the molecule is CCCOC(=O)c1ccc(NC(=O)c2c(C)c(-c3ccccc3)nc3ccccc23)cc1. The third-order valence-electron chi connectivity index (χ3n) is 5.23. The Morgan fingerprint density at radius 1 is 0.906 bits per heavy atom. The monoisotopic (exact) mass is 424 g/mol. The fourth-order valence-corrected chi connectivity index (χ4v) is 3.64. The summed E-state index contributed by atoms with van der Waals surface area (Å²) in [6.45, 7) is 4.25. The quantitative estimate of drug-likeness (QED) is 0.384. The number of fused-ring (bicyclic) bond motifs is 1. The molecule has 0 bridgehead atoms. The molecule has 0 aliphatic carbocycles. The first-order valence-electron chi connectivity index (χ1n) is 10.6. The van der Waals surface area contributed by atoms with Crippen molar-refractivity contribution in [1.82, 2.24) is 4.98 Å². The van der Waals surface area contributed by atoms with Gasteiger partial charge in [-0.15, -0.1) is 0 Å². The van der Waals surface area contributed by atoms with Gasteiger partial charge in [-0.1, -0.05) is 55.5 Å². The standard InChI is InChI=1S/C27H24N2O3/c1-3-17-32-27(31)20-13-15-21(16-14-20)28-26(30)24-18(2)25(19-9-5-4-6-10-19)29-23-12-8-7-11-22(23)24/h4-16H,3,17H2,1-2H3,(H,28,30). The van der Waals surface area contributed by atoms with E-state index in [9.17, 15) is 9.59 Å². The highest BCUT2D eigenvalue weighted by atomic mass is 16.5. The highest BCUT2D eigenvalue weighted by Crippen LogP contribution is 2.30. The Morgan fingerprint density at radius 3 is 2.31 bits per heavy atom. The van der Waals surface area contributed by atoms with Crippen LogP contribution in [0.2, 0.25) is 0 Å². The lowest BCUT2D eigenvalue weighted by Crippen LogP contribution is -2.15. The molecule has 160 valence electrons. The van der Waals surface area contributed by atoms with Gasteiger partial charge < -0.3 is 10.1 Å². The van der Waals surface area contributed by atoms with Gasteiger partial charge in [0.15, 0.2) is 0 Å². The van der Waals surface area contributed by atoms with E-state index in [1.807, 2.05) is 68.4 Å². The Morgan fingerprint density at radius 2 is 1.59 bits per heavy atom. The van der Waals surface area contributed by atoms with Crippen molar-refractivity contribution in [2.24, 2.45) is 0 Å². The molecule has 5 heteroatoms. The zero-order valence-electron chi connectivity index (χ0n) is 18.1. The van der Waals surface area contributed by atoms with E-state index in [2.05, 4.69) is 5.32 Å². The van der Waals surface area contributed by atoms with Crippen molar-refractivity contribution >= 4 is 28.5 Å². The second-order valence-electron chi connectivity index (χ2n) is 7.51. The van der Waals surface area contributed by atoms with Crippen LogP contribution >= 0.6 is 0 Å². The van der Waals surface area contributed by atoms with E-state index >= 15 is 0 Å². The predicted molar refractivity (Wildman–Crippen MR) is 127 cm³/mol. The fourth-order valence-electron chi connectivity index (χ4n) is 3.64. The second-order valence-corrected chi connectivity index (χ2v) is 7.51. The first-order valence-corrected chi connectivity index (χ1v) is 10.6. The molecule has 1 amide bonds. The van der Waals surface area contributed by atoms with E-state index in [0.717, 1.165) is 34.1 Å². The number of carbonyl (C=O) groups excluding carboxylic acids is 2. The summed E-state index contributed by atoms with van der Waals surface area (Å²) in [6.07, 6.45) is 0.768. The van der Waals surface area contributed by atoms with Crippen LogP contribution in [0, 0.1) is 6.92 Å². The third-order valence-corrected chi connectivity index (χ3v) is 5.23. The van der Waals surface area contributed by atoms with E-state index in [-0.39, 0.29) is 11.9 Å². The second kappa shape index (κ2) is 9.43. The van der Waals surface area contributed by atoms with Crippen LogP contribution in [0.4, 0.5) is 5.69 Å². The molecule has 3 aromatic carbocycles. The van der Waals surface area contributed by atoms with Gasteiger partial charge in [0.1, 0.15) is 0 Å². The molecule has 0 radical (unpaired) electrons. The maximum absolute atomic E-state index is 13.4. The molecule has 32 heavy (non-hydrogen) atoms. The largest absolute Gasteiger partial charge is 0.462 e. The van der Waals surface area contributed by atoms with Crippen LogP contribution in [0.3, 0.4) is 0 Å². The lowest BCUT2D eigenvalue weighted by atomic mass is 9.97. The van der Waals surface area contributed by atoms with Crippen LogP contribution in [0.5, 0.6) is 0 Å². The number of rotatable bonds is 6. The van der Waals surface area contributed by atoms with Crippen molar-refractivity contribution < 1.29 is 14.3 Å². The van der Waals surface area contributed by atoms with Gasteiger partial charge in [-0.25, -0.2) is 9.78 Å². The van der Waals surface area contributed by atoms with Crippen LogP contribution in [-0.2, 0) is 4.74 Å². The maximum atomic E-state index is 13.4. The first kappa shape index (κ1) is 21.2. The normalized spacial score (nSPS) is 10.7. The molecule has 4 aromatic rings. The number of hydrogen-bond acceptors (Lipinski definition) is 4. The Bertz CT molecular complexity index is 1270. The summed E-state index contributed by atoms with van der Waals surface area (Å²) in [4.78, 5) is 30.2. The Hall–Kier alpha value is -3.99. The zero-order chi connectivity index (χ0) is 22.5. The number of amides is 1. The molecule has 4 rings (SSSR count). The van der Waals surface area contributed by atoms with Gasteiger partial charge >= 0.3 is 5.97 Å². The molecule has 0 unspecified atom stereocenters. The average Bonchev–Trinajstić information content (AvgIpc) is 2.83. The lowest BCUT2D eigenvalue weighted by molar-refractivity contribution is 0.0505. The molecule has 1 heterocycles. The summed E-state index contributed by atoms with van der Waals surface area (Å²) >= 11 is 0. The van der Waals surface area contributed by atoms with Crippen LogP contribution in [0.1, 0.15) is 39.6 Å². The lowest BCUT2D eigenvalue weighted by Gasteiger charge is -2.15. The molecule has 0 aliphatic heterocycles. The predicted octanol–water partition coefficient (Wildman–Crippen LogP) is 6.03. The number of ether oxygens (including phenoxy) is 1. The summed E-state index contributed by atoms with van der Waals surface area (Å²) in [5, 5.41) is 3.75. The smallest absolute Gasteiger partial charge is 0.338 e.